The molecule has 0 amide bonds. The average molecular weight is 794 g/mol. The maximum atomic E-state index is 6.74. The van der Waals surface area contributed by atoms with E-state index in [0.717, 1.165) is 101 Å². The zero-order valence-electron chi connectivity index (χ0n) is 33.4. The number of para-hydroxylation sites is 2. The summed E-state index contributed by atoms with van der Waals surface area (Å²) in [4.78, 5) is 24.7. The van der Waals surface area contributed by atoms with Crippen LogP contribution in [0.1, 0.15) is 22.3 Å². The molecule has 4 aromatic heterocycles. The summed E-state index contributed by atoms with van der Waals surface area (Å²) in [5.41, 5.74) is 16.4. The zero-order valence-corrected chi connectivity index (χ0v) is 33.4. The van der Waals surface area contributed by atoms with Crippen molar-refractivity contribution in [2.75, 3.05) is 0 Å². The van der Waals surface area contributed by atoms with Crippen LogP contribution in [0.2, 0.25) is 0 Å². The summed E-state index contributed by atoms with van der Waals surface area (Å²) in [6.45, 7) is 0. The number of nitrogens with zero attached hydrogens (tertiary/aromatic N) is 5. The van der Waals surface area contributed by atoms with Gasteiger partial charge >= 0.3 is 0 Å². The van der Waals surface area contributed by atoms with E-state index in [1.165, 1.54) is 5.56 Å². The first-order valence-corrected chi connectivity index (χ1v) is 20.7. The standard InChI is InChI=1S/C56H35N5O/c1-3-13-36(14-4-1)50-33-51(37-15-5-2-6-16-37)61-55(60-50)39-24-26-44-43-25-23-38(42-27-28-49(40-17-11-29-57-34-40)59-54(42)41-18-12-30-58-35-41)31-47(43)56(48(44)32-39)45-19-7-9-21-52(45)62-53-22-10-8-20-46(53)56/h1-35H. The maximum absolute atomic E-state index is 6.74. The summed E-state index contributed by atoms with van der Waals surface area (Å²) >= 11 is 0. The molecule has 0 bridgehead atoms. The molecule has 6 nitrogen and oxygen atoms in total. The van der Waals surface area contributed by atoms with Crippen molar-refractivity contribution in [2.45, 2.75) is 5.41 Å². The predicted molar refractivity (Wildman–Crippen MR) is 245 cm³/mol. The van der Waals surface area contributed by atoms with E-state index in [1.54, 1.807) is 12.4 Å². The van der Waals surface area contributed by atoms with Gasteiger partial charge in [-0.3, -0.25) is 9.97 Å². The highest BCUT2D eigenvalue weighted by Gasteiger charge is 2.51. The van der Waals surface area contributed by atoms with E-state index < -0.39 is 5.41 Å². The third-order valence-electron chi connectivity index (χ3n) is 12.2. The van der Waals surface area contributed by atoms with Crippen LogP contribution in [-0.4, -0.2) is 24.9 Å². The van der Waals surface area contributed by atoms with Gasteiger partial charge in [0.25, 0.3) is 0 Å². The molecule has 62 heavy (non-hydrogen) atoms. The highest BCUT2D eigenvalue weighted by molar-refractivity contribution is 5.93. The fourth-order valence-electron chi connectivity index (χ4n) is 9.39. The smallest absolute Gasteiger partial charge is 0.160 e. The summed E-state index contributed by atoms with van der Waals surface area (Å²) in [6.07, 6.45) is 7.31. The van der Waals surface area contributed by atoms with E-state index in [1.807, 2.05) is 54.9 Å². The number of pyridine rings is 3. The largest absolute Gasteiger partial charge is 0.457 e. The normalized spacial score (nSPS) is 12.8. The molecule has 0 saturated carbocycles. The molecule has 6 heteroatoms. The molecule has 5 heterocycles. The molecule has 1 spiro atoms. The van der Waals surface area contributed by atoms with Gasteiger partial charge in [-0.25, -0.2) is 15.0 Å². The topological polar surface area (TPSA) is 73.7 Å². The van der Waals surface area contributed by atoms with Crippen LogP contribution in [-0.2, 0) is 5.41 Å². The average Bonchev–Trinajstić information content (AvgIpc) is 3.64. The molecule has 0 fully saturated rings. The van der Waals surface area contributed by atoms with Crippen LogP contribution in [0.3, 0.4) is 0 Å². The Balaban J connectivity index is 1.11. The first-order valence-electron chi connectivity index (χ1n) is 20.7. The summed E-state index contributed by atoms with van der Waals surface area (Å²) in [6, 6.07) is 65.6. The van der Waals surface area contributed by atoms with Crippen LogP contribution in [0.5, 0.6) is 11.5 Å². The molecule has 0 unspecified atom stereocenters. The molecule has 0 saturated heterocycles. The van der Waals surface area contributed by atoms with Crippen LogP contribution in [0.4, 0.5) is 0 Å². The molecule has 2 aliphatic rings. The molecule has 0 atom stereocenters. The molecular formula is C56H35N5O. The lowest BCUT2D eigenvalue weighted by atomic mass is 9.65. The number of fused-ring (bicyclic) bond motifs is 9. The van der Waals surface area contributed by atoms with Crippen LogP contribution in [0, 0.1) is 0 Å². The molecule has 6 aromatic carbocycles. The molecule has 0 radical (unpaired) electrons. The van der Waals surface area contributed by atoms with Crippen LogP contribution < -0.4 is 4.74 Å². The van der Waals surface area contributed by atoms with Crippen molar-refractivity contribution in [1.29, 1.82) is 0 Å². The second-order valence-corrected chi connectivity index (χ2v) is 15.6. The van der Waals surface area contributed by atoms with Crippen LogP contribution >= 0.6 is 0 Å². The third-order valence-corrected chi connectivity index (χ3v) is 12.2. The van der Waals surface area contributed by atoms with Gasteiger partial charge in [-0.15, -0.1) is 0 Å². The van der Waals surface area contributed by atoms with E-state index in [-0.39, 0.29) is 0 Å². The molecule has 1 aliphatic heterocycles. The summed E-state index contributed by atoms with van der Waals surface area (Å²) < 4.78 is 6.74. The Morgan fingerprint density at radius 1 is 0.339 bits per heavy atom. The Morgan fingerprint density at radius 2 is 0.855 bits per heavy atom. The molecular weight excluding hydrogens is 759 g/mol. The van der Waals surface area contributed by atoms with E-state index in [4.69, 9.17) is 19.7 Å². The van der Waals surface area contributed by atoms with Gasteiger partial charge in [-0.05, 0) is 88.5 Å². The number of ether oxygens (including phenoxy) is 1. The zero-order chi connectivity index (χ0) is 41.0. The summed E-state index contributed by atoms with van der Waals surface area (Å²) in [5.74, 6) is 2.32. The van der Waals surface area contributed by atoms with Gasteiger partial charge < -0.3 is 4.74 Å². The Kier molecular flexibility index (Phi) is 8.28. The lowest BCUT2D eigenvalue weighted by molar-refractivity contribution is 0.436. The van der Waals surface area contributed by atoms with Gasteiger partial charge in [-0.1, -0.05) is 127 Å². The highest BCUT2D eigenvalue weighted by atomic mass is 16.5. The number of rotatable bonds is 6. The van der Waals surface area contributed by atoms with Crippen molar-refractivity contribution in [3.8, 4) is 90.2 Å². The summed E-state index contributed by atoms with van der Waals surface area (Å²) in [5, 5.41) is 0. The minimum atomic E-state index is -0.737. The van der Waals surface area contributed by atoms with Crippen molar-refractivity contribution in [2.24, 2.45) is 0 Å². The minimum absolute atomic E-state index is 0.661. The fraction of sp³-hybridized carbons (Fsp3) is 0.0179. The monoisotopic (exact) mass is 793 g/mol. The quantitative estimate of drug-likeness (QED) is 0.167. The second kappa shape index (κ2) is 14.4. The Bertz CT molecular complexity index is 3220. The lowest BCUT2D eigenvalue weighted by Gasteiger charge is -2.39. The molecule has 10 aromatic rings. The Labute approximate surface area is 359 Å². The predicted octanol–water partition coefficient (Wildman–Crippen LogP) is 13.1. The van der Waals surface area contributed by atoms with E-state index in [2.05, 4.69) is 156 Å². The van der Waals surface area contributed by atoms with Gasteiger partial charge in [0, 0.05) is 69.3 Å². The number of benzene rings is 6. The van der Waals surface area contributed by atoms with Gasteiger partial charge in [0.05, 0.1) is 28.2 Å². The van der Waals surface area contributed by atoms with Crippen molar-refractivity contribution in [3.63, 3.8) is 0 Å². The van der Waals surface area contributed by atoms with Gasteiger partial charge in [0.1, 0.15) is 11.5 Å². The lowest BCUT2D eigenvalue weighted by Crippen LogP contribution is -2.32. The third kappa shape index (κ3) is 5.69. The Hall–Kier alpha value is -8.35. The van der Waals surface area contributed by atoms with Crippen molar-refractivity contribution in [1.82, 2.24) is 24.9 Å². The van der Waals surface area contributed by atoms with Crippen molar-refractivity contribution < 1.29 is 4.74 Å². The van der Waals surface area contributed by atoms with E-state index in [0.29, 0.717) is 5.82 Å². The number of hydrogen-bond acceptors (Lipinski definition) is 6. The molecule has 290 valence electrons. The van der Waals surface area contributed by atoms with Gasteiger partial charge in [-0.2, -0.15) is 0 Å². The molecule has 1 aliphatic carbocycles. The second-order valence-electron chi connectivity index (χ2n) is 15.6. The van der Waals surface area contributed by atoms with E-state index in [9.17, 15) is 0 Å². The first-order chi connectivity index (χ1) is 30.7. The van der Waals surface area contributed by atoms with Crippen molar-refractivity contribution in [3.05, 3.63) is 235 Å². The minimum Gasteiger partial charge on any atom is -0.457 e. The number of aromatic nitrogens is 5. The Morgan fingerprint density at radius 3 is 1.45 bits per heavy atom. The molecule has 12 rings (SSSR count). The van der Waals surface area contributed by atoms with E-state index >= 15 is 0 Å². The van der Waals surface area contributed by atoms with Gasteiger partial charge in [0.2, 0.25) is 0 Å². The van der Waals surface area contributed by atoms with Gasteiger partial charge in [0.15, 0.2) is 5.82 Å². The molecule has 0 N–H and O–H groups in total. The first kappa shape index (κ1) is 35.6. The fourth-order valence-corrected chi connectivity index (χ4v) is 9.39. The maximum Gasteiger partial charge on any atom is 0.160 e. The summed E-state index contributed by atoms with van der Waals surface area (Å²) in [7, 11) is 0. The van der Waals surface area contributed by atoms with Crippen molar-refractivity contribution >= 4 is 0 Å². The highest BCUT2D eigenvalue weighted by Crippen LogP contribution is 2.63. The SMILES string of the molecule is c1ccc(-c2cc(-c3ccccc3)nc(-c3ccc4c(c3)C3(c5ccccc5Oc5ccccc53)c3cc(-c5ccc(-c6cccnc6)nc5-c5cccnc5)ccc3-4)n2)cc1. The van der Waals surface area contributed by atoms with Crippen LogP contribution in [0.25, 0.3) is 78.7 Å². The van der Waals surface area contributed by atoms with Crippen LogP contribution in [0.15, 0.2) is 213 Å². The number of hydrogen-bond donors (Lipinski definition) is 0.